The van der Waals surface area contributed by atoms with Gasteiger partial charge in [0.05, 0.1) is 17.7 Å². The average Bonchev–Trinajstić information content (AvgIpc) is 2.60. The maximum absolute atomic E-state index is 13.7. The summed E-state index contributed by atoms with van der Waals surface area (Å²) in [6, 6.07) is 6.23. The van der Waals surface area contributed by atoms with Gasteiger partial charge in [0, 0.05) is 10.0 Å². The summed E-state index contributed by atoms with van der Waals surface area (Å²) in [4.78, 5) is 23.2. The normalized spacial score (nSPS) is 13.1. The number of carbonyl (C=O) groups excluding carboxylic acids is 1. The molecule has 0 fully saturated rings. The van der Waals surface area contributed by atoms with Gasteiger partial charge in [-0.15, -0.1) is 4.91 Å². The molecule has 0 amide bonds. The fraction of sp³-hybridized carbons (Fsp3) is 0.250. The third-order valence-corrected chi connectivity index (χ3v) is 4.44. The Bertz CT molecular complexity index is 938. The first-order valence-electron chi connectivity index (χ1n) is 8.42. The number of rotatable bonds is 6. The molecule has 0 aliphatic rings. The Morgan fingerprint density at radius 3 is 2.28 bits per heavy atom. The third-order valence-electron chi connectivity index (χ3n) is 4.00. The van der Waals surface area contributed by atoms with E-state index >= 15 is 0 Å². The zero-order chi connectivity index (χ0) is 21.8. The lowest BCUT2D eigenvalue weighted by Gasteiger charge is -2.16. The molecule has 1 atom stereocenters. The van der Waals surface area contributed by atoms with Gasteiger partial charge in [-0.2, -0.15) is 13.2 Å². The molecule has 2 rings (SSSR count). The molecule has 0 saturated carbocycles. The van der Waals surface area contributed by atoms with Crippen molar-refractivity contribution in [3.63, 3.8) is 0 Å². The molecule has 0 saturated heterocycles. The van der Waals surface area contributed by atoms with Crippen LogP contribution in [0, 0.1) is 11.8 Å². The molecule has 29 heavy (non-hydrogen) atoms. The second-order valence-electron chi connectivity index (χ2n) is 6.08. The first-order valence-corrected chi connectivity index (χ1v) is 9.18. The van der Waals surface area contributed by atoms with Crippen molar-refractivity contribution in [2.24, 2.45) is 5.18 Å². The molecule has 9 heteroatoms. The molecule has 2 aromatic carbocycles. The molecule has 0 spiro atoms. The largest absolute Gasteiger partial charge is 0.462 e. The number of ether oxygens (including phenoxy) is 1. The van der Waals surface area contributed by atoms with Crippen LogP contribution in [-0.2, 0) is 4.74 Å². The molecule has 0 radical (unpaired) electrons. The van der Waals surface area contributed by atoms with Gasteiger partial charge in [-0.1, -0.05) is 40.5 Å². The number of aryl methyl sites for hydroxylation is 1. The number of nitroso groups, excluding NO2 is 1. The van der Waals surface area contributed by atoms with Gasteiger partial charge < -0.3 is 4.74 Å². The van der Waals surface area contributed by atoms with Gasteiger partial charge in [-0.05, 0) is 60.9 Å². The summed E-state index contributed by atoms with van der Waals surface area (Å²) in [6.07, 6.45) is -4.08. The van der Waals surface area contributed by atoms with Crippen LogP contribution >= 0.6 is 23.2 Å². The first kappa shape index (κ1) is 22.9. The van der Waals surface area contributed by atoms with Gasteiger partial charge >= 0.3 is 12.1 Å². The van der Waals surface area contributed by atoms with Crippen LogP contribution in [0.3, 0.4) is 0 Å². The molecular formula is C20H16Cl2F3NO3. The van der Waals surface area contributed by atoms with Crippen LogP contribution in [0.25, 0.3) is 5.57 Å². The van der Waals surface area contributed by atoms with Gasteiger partial charge in [0.25, 0.3) is 0 Å². The second kappa shape index (κ2) is 9.41. The molecule has 4 nitrogen and oxygen atoms in total. The molecular weight excluding hydrogens is 430 g/mol. The number of allylic oxidation sites excluding steroid dienone is 1. The number of nitrogens with zero attached hydrogens (tertiary/aromatic N) is 1. The fourth-order valence-corrected chi connectivity index (χ4v) is 3.24. The Balaban J connectivity index is 2.52. The smallest absolute Gasteiger partial charge is 0.416 e. The maximum atomic E-state index is 13.7. The summed E-state index contributed by atoms with van der Waals surface area (Å²) in [5.74, 6) is -0.563. The first-order chi connectivity index (χ1) is 13.6. The summed E-state index contributed by atoms with van der Waals surface area (Å²) in [7, 11) is 0. The minimum Gasteiger partial charge on any atom is -0.462 e. The topological polar surface area (TPSA) is 55.7 Å². The van der Waals surface area contributed by atoms with E-state index in [0.717, 1.165) is 12.1 Å². The van der Waals surface area contributed by atoms with Crippen LogP contribution in [0.4, 0.5) is 13.2 Å². The van der Waals surface area contributed by atoms with Gasteiger partial charge in [0.2, 0.25) is 0 Å². The van der Waals surface area contributed by atoms with E-state index in [0.29, 0.717) is 11.6 Å². The van der Waals surface area contributed by atoms with Gasteiger partial charge in [0.1, 0.15) is 6.04 Å². The van der Waals surface area contributed by atoms with E-state index in [-0.39, 0.29) is 33.3 Å². The highest BCUT2D eigenvalue weighted by Gasteiger charge is 2.36. The molecule has 1 unspecified atom stereocenters. The Kier molecular flexibility index (Phi) is 7.43. The van der Waals surface area contributed by atoms with Gasteiger partial charge in [-0.25, -0.2) is 4.79 Å². The monoisotopic (exact) mass is 445 g/mol. The van der Waals surface area contributed by atoms with Crippen molar-refractivity contribution < 1.29 is 22.7 Å². The number of halogens is 5. The SMILES string of the molecule is CCOC(=O)c1ccc(C(/C=C(/c2cc(Cl)cc(Cl)c2)C(F)(F)F)N=O)cc1C. The molecule has 0 aliphatic heterocycles. The van der Waals surface area contributed by atoms with Crippen molar-refractivity contribution in [1.82, 2.24) is 0 Å². The van der Waals surface area contributed by atoms with Crippen LogP contribution in [0.2, 0.25) is 10.0 Å². The zero-order valence-electron chi connectivity index (χ0n) is 15.4. The van der Waals surface area contributed by atoms with E-state index in [1.54, 1.807) is 13.8 Å². The molecule has 0 N–H and O–H groups in total. The molecule has 2 aromatic rings. The van der Waals surface area contributed by atoms with Crippen molar-refractivity contribution in [2.75, 3.05) is 6.61 Å². The molecule has 0 bridgehead atoms. The lowest BCUT2D eigenvalue weighted by Crippen LogP contribution is -2.12. The van der Waals surface area contributed by atoms with E-state index in [2.05, 4.69) is 5.18 Å². The fourth-order valence-electron chi connectivity index (χ4n) is 2.72. The second-order valence-corrected chi connectivity index (χ2v) is 6.95. The number of hydrogen-bond donors (Lipinski definition) is 0. The summed E-state index contributed by atoms with van der Waals surface area (Å²) in [5.41, 5.74) is -0.494. The summed E-state index contributed by atoms with van der Waals surface area (Å²) < 4.78 is 45.9. The number of hydrogen-bond acceptors (Lipinski definition) is 4. The molecule has 154 valence electrons. The minimum absolute atomic E-state index is 0.0212. The summed E-state index contributed by atoms with van der Waals surface area (Å²) >= 11 is 11.6. The lowest BCUT2D eigenvalue weighted by molar-refractivity contribution is -0.0691. The Labute approximate surface area is 175 Å². The van der Waals surface area contributed by atoms with Crippen LogP contribution in [-0.4, -0.2) is 18.8 Å². The summed E-state index contributed by atoms with van der Waals surface area (Å²) in [5, 5.41) is 2.87. The predicted octanol–water partition coefficient (Wildman–Crippen LogP) is 6.93. The standard InChI is InChI=1S/C20H16Cl2F3NO3/c1-3-29-19(27)16-5-4-12(6-11(16)2)18(26-28)10-17(20(23,24)25)13-7-14(21)9-15(22)8-13/h4-10,18H,3H2,1-2H3/b17-10-. The van der Waals surface area contributed by atoms with E-state index in [1.165, 1.54) is 24.3 Å². The summed E-state index contributed by atoms with van der Waals surface area (Å²) in [6.45, 7) is 3.42. The average molecular weight is 446 g/mol. The highest BCUT2D eigenvalue weighted by Crippen LogP contribution is 2.38. The van der Waals surface area contributed by atoms with E-state index in [4.69, 9.17) is 27.9 Å². The van der Waals surface area contributed by atoms with Gasteiger partial charge in [-0.3, -0.25) is 0 Å². The number of carbonyl (C=O) groups is 1. The number of esters is 1. The Morgan fingerprint density at radius 1 is 1.17 bits per heavy atom. The van der Waals surface area contributed by atoms with Crippen molar-refractivity contribution in [2.45, 2.75) is 26.1 Å². The van der Waals surface area contributed by atoms with Crippen molar-refractivity contribution in [3.8, 4) is 0 Å². The quantitative estimate of drug-likeness (QED) is 0.357. The van der Waals surface area contributed by atoms with Crippen LogP contribution in [0.5, 0.6) is 0 Å². The Morgan fingerprint density at radius 2 is 1.79 bits per heavy atom. The van der Waals surface area contributed by atoms with E-state index < -0.39 is 23.8 Å². The van der Waals surface area contributed by atoms with Crippen molar-refractivity contribution in [3.05, 3.63) is 79.7 Å². The van der Waals surface area contributed by atoms with E-state index in [1.807, 2.05) is 0 Å². The Hall–Kier alpha value is -2.38. The van der Waals surface area contributed by atoms with Crippen molar-refractivity contribution in [1.29, 1.82) is 0 Å². The molecule has 0 aromatic heterocycles. The number of benzene rings is 2. The zero-order valence-corrected chi connectivity index (χ0v) is 16.9. The van der Waals surface area contributed by atoms with Crippen LogP contribution in [0.15, 0.2) is 47.7 Å². The molecule has 0 aliphatic carbocycles. The highest BCUT2D eigenvalue weighted by molar-refractivity contribution is 6.34. The highest BCUT2D eigenvalue weighted by atomic mass is 35.5. The van der Waals surface area contributed by atoms with E-state index in [9.17, 15) is 22.9 Å². The lowest BCUT2D eigenvalue weighted by atomic mass is 9.96. The molecule has 0 heterocycles. The third kappa shape index (κ3) is 5.81. The minimum atomic E-state index is -4.78. The maximum Gasteiger partial charge on any atom is 0.416 e. The number of alkyl halides is 3. The van der Waals surface area contributed by atoms with Crippen molar-refractivity contribution >= 4 is 34.7 Å². The predicted molar refractivity (Wildman–Crippen MR) is 106 cm³/mol. The van der Waals surface area contributed by atoms with Crippen LogP contribution < -0.4 is 0 Å². The van der Waals surface area contributed by atoms with Crippen LogP contribution in [0.1, 0.15) is 40.0 Å². The van der Waals surface area contributed by atoms with Gasteiger partial charge in [0.15, 0.2) is 0 Å².